The Hall–Kier alpha value is -1.70. The fourth-order valence-electron chi connectivity index (χ4n) is 2.51. The van der Waals surface area contributed by atoms with Crippen LogP contribution in [0.3, 0.4) is 0 Å². The smallest absolute Gasteiger partial charge is 0.261 e. The number of hydrogen-bond donors (Lipinski definition) is 2. The minimum atomic E-state index is -3.77. The number of aryl methyl sites for hydroxylation is 1. The van der Waals surface area contributed by atoms with Crippen molar-refractivity contribution in [2.24, 2.45) is 0 Å². The van der Waals surface area contributed by atoms with Crippen LogP contribution in [-0.2, 0) is 14.8 Å². The van der Waals surface area contributed by atoms with Crippen LogP contribution >= 0.6 is 23.4 Å². The SMILES string of the molecule is CCC1Sc2ccc(S(=O)(=O)Nc3ccc(Cl)cc3C)cc2NC1=O. The van der Waals surface area contributed by atoms with Crippen molar-refractivity contribution in [3.63, 3.8) is 0 Å². The molecule has 0 spiro atoms. The highest BCUT2D eigenvalue weighted by molar-refractivity contribution is 8.01. The van der Waals surface area contributed by atoms with Crippen LogP contribution in [0.1, 0.15) is 18.9 Å². The van der Waals surface area contributed by atoms with Gasteiger partial charge in [-0.15, -0.1) is 11.8 Å². The minimum absolute atomic E-state index is 0.0939. The van der Waals surface area contributed by atoms with Crippen LogP contribution in [0.2, 0.25) is 5.02 Å². The van der Waals surface area contributed by atoms with Gasteiger partial charge in [0.25, 0.3) is 10.0 Å². The van der Waals surface area contributed by atoms with Crippen LogP contribution < -0.4 is 10.0 Å². The molecular formula is C17H17ClN2O3S2. The summed E-state index contributed by atoms with van der Waals surface area (Å²) in [4.78, 5) is 13.0. The van der Waals surface area contributed by atoms with E-state index in [1.807, 2.05) is 6.92 Å². The summed E-state index contributed by atoms with van der Waals surface area (Å²) in [5.74, 6) is -0.101. The van der Waals surface area contributed by atoms with Crippen LogP contribution in [0.5, 0.6) is 0 Å². The lowest BCUT2D eigenvalue weighted by atomic mass is 10.2. The van der Waals surface area contributed by atoms with E-state index in [1.54, 1.807) is 37.3 Å². The third-order valence-electron chi connectivity index (χ3n) is 3.88. The summed E-state index contributed by atoms with van der Waals surface area (Å²) in [5, 5.41) is 3.18. The van der Waals surface area contributed by atoms with Gasteiger partial charge in [-0.3, -0.25) is 9.52 Å². The third-order valence-corrected chi connectivity index (χ3v) is 6.92. The molecule has 132 valence electrons. The van der Waals surface area contributed by atoms with Crippen molar-refractivity contribution in [3.05, 3.63) is 47.0 Å². The number of fused-ring (bicyclic) bond motifs is 1. The highest BCUT2D eigenvalue weighted by Crippen LogP contribution is 2.38. The van der Waals surface area contributed by atoms with E-state index in [1.165, 1.54) is 17.8 Å². The first kappa shape index (κ1) is 18.1. The second-order valence-corrected chi connectivity index (χ2v) is 9.09. The van der Waals surface area contributed by atoms with Gasteiger partial charge in [-0.05, 0) is 55.3 Å². The molecule has 1 aliphatic heterocycles. The molecule has 3 rings (SSSR count). The Labute approximate surface area is 156 Å². The van der Waals surface area contributed by atoms with Crippen LogP contribution in [0.4, 0.5) is 11.4 Å². The molecule has 0 radical (unpaired) electrons. The highest BCUT2D eigenvalue weighted by atomic mass is 35.5. The Morgan fingerprint density at radius 3 is 2.68 bits per heavy atom. The predicted molar refractivity (Wildman–Crippen MR) is 102 cm³/mol. The van der Waals surface area contributed by atoms with Crippen molar-refractivity contribution in [1.29, 1.82) is 0 Å². The van der Waals surface area contributed by atoms with E-state index in [9.17, 15) is 13.2 Å². The number of nitrogens with one attached hydrogen (secondary N) is 2. The fourth-order valence-corrected chi connectivity index (χ4v) is 4.92. The summed E-state index contributed by atoms with van der Waals surface area (Å²) < 4.78 is 27.9. The van der Waals surface area contributed by atoms with Crippen molar-refractivity contribution < 1.29 is 13.2 Å². The molecule has 0 fully saturated rings. The highest BCUT2D eigenvalue weighted by Gasteiger charge is 2.27. The lowest BCUT2D eigenvalue weighted by Crippen LogP contribution is -2.28. The number of rotatable bonds is 4. The van der Waals surface area contributed by atoms with Crippen LogP contribution in [-0.4, -0.2) is 19.6 Å². The second-order valence-electron chi connectivity index (χ2n) is 5.73. The maximum Gasteiger partial charge on any atom is 0.261 e. The maximum atomic E-state index is 12.7. The zero-order chi connectivity index (χ0) is 18.2. The Bertz CT molecular complexity index is 945. The first-order valence-electron chi connectivity index (χ1n) is 7.70. The van der Waals surface area contributed by atoms with E-state index in [0.29, 0.717) is 22.8 Å². The van der Waals surface area contributed by atoms with Gasteiger partial charge in [-0.2, -0.15) is 0 Å². The molecule has 0 saturated heterocycles. The van der Waals surface area contributed by atoms with E-state index in [-0.39, 0.29) is 16.1 Å². The summed E-state index contributed by atoms with van der Waals surface area (Å²) in [7, 11) is -3.77. The molecule has 8 heteroatoms. The molecular weight excluding hydrogens is 380 g/mol. The number of sulfonamides is 1. The normalized spacial score (nSPS) is 16.9. The number of carbonyl (C=O) groups excluding carboxylic acids is 1. The molecule has 0 saturated carbocycles. The van der Waals surface area contributed by atoms with Gasteiger partial charge in [0.15, 0.2) is 0 Å². The van der Waals surface area contributed by atoms with E-state index in [0.717, 1.165) is 10.5 Å². The average molecular weight is 397 g/mol. The molecule has 1 atom stereocenters. The summed E-state index contributed by atoms with van der Waals surface area (Å²) in [5.41, 5.74) is 1.71. The lowest BCUT2D eigenvalue weighted by Gasteiger charge is -2.23. The summed E-state index contributed by atoms with van der Waals surface area (Å²) in [6, 6.07) is 9.70. The van der Waals surface area contributed by atoms with Gasteiger partial charge in [0.1, 0.15) is 0 Å². The van der Waals surface area contributed by atoms with Crippen LogP contribution in [0.15, 0.2) is 46.2 Å². The number of anilines is 2. The van der Waals surface area contributed by atoms with Crippen LogP contribution in [0, 0.1) is 6.92 Å². The largest absolute Gasteiger partial charge is 0.324 e. The lowest BCUT2D eigenvalue weighted by molar-refractivity contribution is -0.115. The van der Waals surface area contributed by atoms with Crippen molar-refractivity contribution in [1.82, 2.24) is 0 Å². The molecule has 0 aromatic heterocycles. The molecule has 5 nitrogen and oxygen atoms in total. The fraction of sp³-hybridized carbons (Fsp3) is 0.235. The topological polar surface area (TPSA) is 75.3 Å². The molecule has 0 aliphatic carbocycles. The zero-order valence-corrected chi connectivity index (χ0v) is 16.1. The Kier molecular flexibility index (Phi) is 4.99. The molecule has 1 aliphatic rings. The summed E-state index contributed by atoms with van der Waals surface area (Å²) in [6.07, 6.45) is 0.716. The van der Waals surface area contributed by atoms with E-state index >= 15 is 0 Å². The van der Waals surface area contributed by atoms with Gasteiger partial charge >= 0.3 is 0 Å². The molecule has 1 unspecified atom stereocenters. The number of benzene rings is 2. The first-order chi connectivity index (χ1) is 11.8. The molecule has 0 bridgehead atoms. The van der Waals surface area contributed by atoms with Crippen molar-refractivity contribution in [2.75, 3.05) is 10.0 Å². The predicted octanol–water partition coefficient (Wildman–Crippen LogP) is 4.27. The first-order valence-corrected chi connectivity index (χ1v) is 10.4. The average Bonchev–Trinajstić information content (AvgIpc) is 2.56. The van der Waals surface area contributed by atoms with Gasteiger partial charge < -0.3 is 5.32 Å². The minimum Gasteiger partial charge on any atom is -0.324 e. The molecule has 25 heavy (non-hydrogen) atoms. The maximum absolute atomic E-state index is 12.7. The van der Waals surface area contributed by atoms with Gasteiger partial charge in [0.2, 0.25) is 5.91 Å². The number of thioether (sulfide) groups is 1. The van der Waals surface area contributed by atoms with Gasteiger partial charge in [0.05, 0.1) is 21.5 Å². The third kappa shape index (κ3) is 3.78. The number of hydrogen-bond acceptors (Lipinski definition) is 4. The Morgan fingerprint density at radius 2 is 2.00 bits per heavy atom. The number of carbonyl (C=O) groups is 1. The monoisotopic (exact) mass is 396 g/mol. The van der Waals surface area contributed by atoms with Gasteiger partial charge in [-0.1, -0.05) is 18.5 Å². The van der Waals surface area contributed by atoms with Crippen LogP contribution in [0.25, 0.3) is 0 Å². The van der Waals surface area contributed by atoms with E-state index in [4.69, 9.17) is 11.6 Å². The van der Waals surface area contributed by atoms with Gasteiger partial charge in [-0.25, -0.2) is 8.42 Å². The Balaban J connectivity index is 1.91. The standard InChI is InChI=1S/C17H17ClN2O3S2/c1-3-15-17(21)19-14-9-12(5-7-16(14)24-15)25(22,23)20-13-6-4-11(18)8-10(13)2/h4-9,15,20H,3H2,1-2H3,(H,19,21). The van der Waals surface area contributed by atoms with Crippen molar-refractivity contribution >= 4 is 50.7 Å². The van der Waals surface area contributed by atoms with Gasteiger partial charge in [0, 0.05) is 9.92 Å². The second kappa shape index (κ2) is 6.90. The molecule has 2 N–H and O–H groups in total. The molecule has 2 aromatic rings. The van der Waals surface area contributed by atoms with E-state index in [2.05, 4.69) is 10.0 Å². The quantitative estimate of drug-likeness (QED) is 0.809. The Morgan fingerprint density at radius 1 is 1.24 bits per heavy atom. The summed E-state index contributed by atoms with van der Waals surface area (Å²) in [6.45, 7) is 3.72. The zero-order valence-electron chi connectivity index (χ0n) is 13.7. The van der Waals surface area contributed by atoms with E-state index < -0.39 is 10.0 Å². The molecule has 2 aromatic carbocycles. The van der Waals surface area contributed by atoms with Crippen molar-refractivity contribution in [3.8, 4) is 0 Å². The summed E-state index contributed by atoms with van der Waals surface area (Å²) >= 11 is 7.35. The van der Waals surface area contributed by atoms with Crippen molar-refractivity contribution in [2.45, 2.75) is 35.3 Å². The molecule has 1 amide bonds. The number of amides is 1. The number of halogens is 1. The molecule has 1 heterocycles.